The van der Waals surface area contributed by atoms with Crippen molar-refractivity contribution in [3.05, 3.63) is 26.5 Å². The van der Waals surface area contributed by atoms with Crippen LogP contribution < -0.4 is 0 Å². The maximum atomic E-state index is 11.3. The summed E-state index contributed by atoms with van der Waals surface area (Å²) in [5, 5.41) is 13.6. The zero-order valence-corrected chi connectivity index (χ0v) is 12.7. The molecule has 0 aliphatic heterocycles. The third-order valence-corrected chi connectivity index (χ3v) is 3.94. The van der Waals surface area contributed by atoms with E-state index >= 15 is 0 Å². The van der Waals surface area contributed by atoms with Crippen LogP contribution in [-0.4, -0.2) is 20.9 Å². The van der Waals surface area contributed by atoms with Crippen LogP contribution in [0.1, 0.15) is 24.2 Å². The molecule has 4 nitrogen and oxygen atoms in total. The lowest BCUT2D eigenvalue weighted by molar-refractivity contribution is 0.0697. The number of hydrogen-bond donors (Lipinski definition) is 1. The number of carboxylic acid groups (broad SMARTS) is 1. The van der Waals surface area contributed by atoms with Gasteiger partial charge in [-0.3, -0.25) is 4.68 Å². The number of rotatable bonds is 4. The lowest BCUT2D eigenvalue weighted by Gasteiger charge is -2.03. The Morgan fingerprint density at radius 1 is 1.53 bits per heavy atom. The largest absolute Gasteiger partial charge is 0.478 e. The van der Waals surface area contributed by atoms with Crippen molar-refractivity contribution in [1.29, 1.82) is 0 Å². The second-order valence-electron chi connectivity index (χ2n) is 4.55. The van der Waals surface area contributed by atoms with Crippen molar-refractivity contribution in [2.45, 2.75) is 20.4 Å². The Labute approximate surface area is 124 Å². The van der Waals surface area contributed by atoms with E-state index in [4.69, 9.17) is 23.2 Å². The molecule has 0 aliphatic rings. The van der Waals surface area contributed by atoms with Gasteiger partial charge >= 0.3 is 5.97 Å². The minimum atomic E-state index is -1.02. The van der Waals surface area contributed by atoms with Crippen LogP contribution in [0, 0.1) is 5.92 Å². The first kappa shape index (κ1) is 14.4. The zero-order valence-electron chi connectivity index (χ0n) is 10.4. The average Bonchev–Trinajstić information content (AvgIpc) is 2.81. The summed E-state index contributed by atoms with van der Waals surface area (Å²) in [4.78, 5) is 11.3. The van der Waals surface area contributed by atoms with Crippen LogP contribution >= 0.6 is 34.5 Å². The van der Waals surface area contributed by atoms with Gasteiger partial charge in [0, 0.05) is 18.3 Å². The van der Waals surface area contributed by atoms with E-state index in [2.05, 4.69) is 5.10 Å². The molecule has 19 heavy (non-hydrogen) atoms. The number of hydrogen-bond acceptors (Lipinski definition) is 3. The summed E-state index contributed by atoms with van der Waals surface area (Å²) in [6.07, 6.45) is 1.53. The summed E-state index contributed by atoms with van der Waals surface area (Å²) in [6.45, 7) is 4.72. The first-order valence-electron chi connectivity index (χ1n) is 5.64. The van der Waals surface area contributed by atoms with Crippen molar-refractivity contribution in [2.75, 3.05) is 0 Å². The van der Waals surface area contributed by atoms with E-state index in [1.165, 1.54) is 17.5 Å². The Balaban J connectivity index is 2.52. The van der Waals surface area contributed by atoms with Crippen LogP contribution in [0.5, 0.6) is 0 Å². The lowest BCUT2D eigenvalue weighted by Crippen LogP contribution is -2.04. The maximum Gasteiger partial charge on any atom is 0.339 e. The Bertz CT molecular complexity index is 619. The first-order chi connectivity index (χ1) is 8.88. The fourth-order valence-electron chi connectivity index (χ4n) is 1.75. The van der Waals surface area contributed by atoms with Gasteiger partial charge in [-0.1, -0.05) is 37.0 Å². The van der Waals surface area contributed by atoms with E-state index in [-0.39, 0.29) is 5.56 Å². The number of nitrogens with zero attached hydrogens (tertiary/aromatic N) is 2. The molecule has 0 saturated carbocycles. The van der Waals surface area contributed by atoms with E-state index in [9.17, 15) is 9.90 Å². The predicted molar refractivity (Wildman–Crippen MR) is 77.4 cm³/mol. The molecule has 0 saturated heterocycles. The molecule has 0 atom stereocenters. The molecule has 102 valence electrons. The molecule has 0 bridgehead atoms. The van der Waals surface area contributed by atoms with Gasteiger partial charge in [0.25, 0.3) is 0 Å². The van der Waals surface area contributed by atoms with E-state index in [0.717, 1.165) is 0 Å². The fraction of sp³-hybridized carbons (Fsp3) is 0.333. The standard InChI is InChI=1S/C12H12Cl2N2O2S/c1-6(2)4-16-5-8(12(17)18)10(15-16)7-3-9(13)19-11(7)14/h3,5-6H,4H2,1-2H3,(H,17,18). The molecular weight excluding hydrogens is 307 g/mol. The normalized spacial score (nSPS) is 11.2. The van der Waals surface area contributed by atoms with Crippen LogP contribution in [0.25, 0.3) is 11.3 Å². The number of carboxylic acids is 1. The molecule has 2 aromatic rings. The van der Waals surface area contributed by atoms with E-state index in [0.29, 0.717) is 32.4 Å². The number of aromatic carboxylic acids is 1. The summed E-state index contributed by atoms with van der Waals surface area (Å²) in [5.41, 5.74) is 1.06. The number of halogens is 2. The quantitative estimate of drug-likeness (QED) is 0.915. The summed E-state index contributed by atoms with van der Waals surface area (Å²) in [7, 11) is 0. The monoisotopic (exact) mass is 318 g/mol. The number of aromatic nitrogens is 2. The van der Waals surface area contributed by atoms with Gasteiger partial charge in [-0.15, -0.1) is 11.3 Å². The zero-order chi connectivity index (χ0) is 14.2. The minimum Gasteiger partial charge on any atom is -0.478 e. The van der Waals surface area contributed by atoms with Crippen molar-refractivity contribution in [1.82, 2.24) is 9.78 Å². The van der Waals surface area contributed by atoms with Crippen molar-refractivity contribution in [3.8, 4) is 11.3 Å². The molecule has 2 heterocycles. The molecule has 0 aromatic carbocycles. The van der Waals surface area contributed by atoms with Gasteiger partial charge in [0.2, 0.25) is 0 Å². The Hall–Kier alpha value is -1.04. The first-order valence-corrected chi connectivity index (χ1v) is 7.21. The highest BCUT2D eigenvalue weighted by molar-refractivity contribution is 7.20. The second-order valence-corrected chi connectivity index (χ2v) is 6.84. The topological polar surface area (TPSA) is 55.1 Å². The van der Waals surface area contributed by atoms with E-state index < -0.39 is 5.97 Å². The molecule has 0 unspecified atom stereocenters. The Kier molecular flexibility index (Phi) is 4.18. The Morgan fingerprint density at radius 3 is 2.68 bits per heavy atom. The third-order valence-electron chi connectivity index (χ3n) is 2.46. The number of carbonyl (C=O) groups is 1. The molecule has 1 N–H and O–H groups in total. The van der Waals surface area contributed by atoms with Gasteiger partial charge < -0.3 is 5.11 Å². The highest BCUT2D eigenvalue weighted by Gasteiger charge is 2.21. The predicted octanol–water partition coefficient (Wildman–Crippen LogP) is 4.27. The highest BCUT2D eigenvalue weighted by atomic mass is 35.5. The molecular formula is C12H12Cl2N2O2S. The molecule has 2 aromatic heterocycles. The van der Waals surface area contributed by atoms with Crippen LogP contribution in [0.15, 0.2) is 12.3 Å². The van der Waals surface area contributed by atoms with Gasteiger partial charge in [-0.05, 0) is 12.0 Å². The second kappa shape index (κ2) is 5.53. The highest BCUT2D eigenvalue weighted by Crippen LogP contribution is 2.38. The van der Waals surface area contributed by atoms with Gasteiger partial charge in [0.1, 0.15) is 15.6 Å². The van der Waals surface area contributed by atoms with Crippen LogP contribution in [0.2, 0.25) is 8.67 Å². The average molecular weight is 319 g/mol. The molecule has 0 aliphatic carbocycles. The summed E-state index contributed by atoms with van der Waals surface area (Å²) >= 11 is 13.2. The summed E-state index contributed by atoms with van der Waals surface area (Å²) in [5.74, 6) is -0.653. The Morgan fingerprint density at radius 2 is 2.21 bits per heavy atom. The molecule has 0 amide bonds. The van der Waals surface area contributed by atoms with Gasteiger partial charge in [-0.2, -0.15) is 5.10 Å². The van der Waals surface area contributed by atoms with Crippen molar-refractivity contribution in [3.63, 3.8) is 0 Å². The van der Waals surface area contributed by atoms with Crippen LogP contribution in [-0.2, 0) is 6.54 Å². The van der Waals surface area contributed by atoms with Crippen molar-refractivity contribution in [2.24, 2.45) is 5.92 Å². The molecule has 2 rings (SSSR count). The van der Waals surface area contributed by atoms with E-state index in [1.807, 2.05) is 13.8 Å². The maximum absolute atomic E-state index is 11.3. The third kappa shape index (κ3) is 3.11. The smallest absolute Gasteiger partial charge is 0.339 e. The molecule has 0 spiro atoms. The van der Waals surface area contributed by atoms with Gasteiger partial charge in [0.15, 0.2) is 0 Å². The summed E-state index contributed by atoms with van der Waals surface area (Å²) < 4.78 is 2.59. The fourth-order valence-corrected chi connectivity index (χ4v) is 3.21. The molecule has 0 fully saturated rings. The van der Waals surface area contributed by atoms with E-state index in [1.54, 1.807) is 10.7 Å². The van der Waals surface area contributed by atoms with Gasteiger partial charge in [-0.25, -0.2) is 4.79 Å². The van der Waals surface area contributed by atoms with Gasteiger partial charge in [0.05, 0.1) is 4.34 Å². The molecule has 0 radical (unpaired) electrons. The van der Waals surface area contributed by atoms with Crippen molar-refractivity contribution >= 4 is 40.5 Å². The van der Waals surface area contributed by atoms with Crippen molar-refractivity contribution < 1.29 is 9.90 Å². The molecule has 7 heteroatoms. The number of thiophene rings is 1. The van der Waals surface area contributed by atoms with Crippen LogP contribution in [0.3, 0.4) is 0 Å². The summed E-state index contributed by atoms with van der Waals surface area (Å²) in [6, 6.07) is 1.64. The van der Waals surface area contributed by atoms with Crippen LogP contribution in [0.4, 0.5) is 0 Å². The SMILES string of the molecule is CC(C)Cn1cc(C(=O)O)c(-c2cc(Cl)sc2Cl)n1. The lowest BCUT2D eigenvalue weighted by atomic mass is 10.1. The minimum absolute atomic E-state index is 0.136.